The Balaban J connectivity index is 1.24. The Kier molecular flexibility index (Phi) is 5.88. The van der Waals surface area contributed by atoms with E-state index in [1.807, 2.05) is 23.6 Å². The summed E-state index contributed by atoms with van der Waals surface area (Å²) in [6.45, 7) is 0.659. The Morgan fingerprint density at radius 1 is 1.13 bits per heavy atom. The minimum absolute atomic E-state index is 0.165. The van der Waals surface area contributed by atoms with Crippen LogP contribution in [0.4, 0.5) is 8.78 Å². The molecule has 1 aromatic carbocycles. The molecule has 8 heteroatoms. The van der Waals surface area contributed by atoms with E-state index < -0.39 is 11.9 Å². The van der Waals surface area contributed by atoms with Gasteiger partial charge in [0.2, 0.25) is 5.92 Å². The van der Waals surface area contributed by atoms with E-state index in [0.29, 0.717) is 36.9 Å². The summed E-state index contributed by atoms with van der Waals surface area (Å²) in [5.41, 5.74) is 1.89. The van der Waals surface area contributed by atoms with Crippen molar-refractivity contribution in [1.29, 1.82) is 0 Å². The standard InChI is InChI=1S/C22H24F2N2O3S/c23-22(24)7-5-16(6-8-22)26-20(27)15-9-19(30-12-15)17-10-18(17)25-11-13-1-3-14(4-2-13)21(28)29/h1-4,9,12,16-18,25H,5-8,10-11H2,(H,26,27)(H,28,29). The maximum atomic E-state index is 13.3. The lowest BCUT2D eigenvalue weighted by Gasteiger charge is -2.28. The number of halogens is 2. The van der Waals surface area contributed by atoms with Crippen LogP contribution < -0.4 is 10.6 Å². The zero-order chi connectivity index (χ0) is 21.3. The number of carbonyl (C=O) groups excluding carboxylic acids is 1. The van der Waals surface area contributed by atoms with Gasteiger partial charge >= 0.3 is 5.97 Å². The number of amides is 1. The van der Waals surface area contributed by atoms with Crippen LogP contribution in [0.5, 0.6) is 0 Å². The molecule has 2 saturated carbocycles. The molecule has 0 bridgehead atoms. The molecule has 160 valence electrons. The monoisotopic (exact) mass is 434 g/mol. The number of hydrogen-bond donors (Lipinski definition) is 3. The average Bonchev–Trinajstić information content (AvgIpc) is 3.32. The molecule has 3 N–H and O–H groups in total. The second-order valence-electron chi connectivity index (χ2n) is 8.17. The largest absolute Gasteiger partial charge is 0.478 e. The van der Waals surface area contributed by atoms with Crippen LogP contribution in [0, 0.1) is 0 Å². The highest BCUT2D eigenvalue weighted by Crippen LogP contribution is 2.43. The van der Waals surface area contributed by atoms with Crippen molar-refractivity contribution in [2.45, 2.75) is 62.6 Å². The van der Waals surface area contributed by atoms with Crippen LogP contribution in [0.15, 0.2) is 35.7 Å². The van der Waals surface area contributed by atoms with Crippen LogP contribution in [0.2, 0.25) is 0 Å². The van der Waals surface area contributed by atoms with Gasteiger partial charge in [0.15, 0.2) is 0 Å². The zero-order valence-electron chi connectivity index (χ0n) is 16.4. The van der Waals surface area contributed by atoms with Crippen molar-refractivity contribution >= 4 is 23.2 Å². The number of alkyl halides is 2. The van der Waals surface area contributed by atoms with Gasteiger partial charge in [0.05, 0.1) is 11.1 Å². The summed E-state index contributed by atoms with van der Waals surface area (Å²) in [4.78, 5) is 24.5. The van der Waals surface area contributed by atoms with E-state index in [0.717, 1.165) is 16.9 Å². The van der Waals surface area contributed by atoms with Gasteiger partial charge in [-0.3, -0.25) is 4.79 Å². The Morgan fingerprint density at radius 3 is 2.50 bits per heavy atom. The molecule has 0 radical (unpaired) electrons. The maximum absolute atomic E-state index is 13.3. The minimum Gasteiger partial charge on any atom is -0.478 e. The fourth-order valence-electron chi connectivity index (χ4n) is 3.87. The Labute approximate surface area is 177 Å². The summed E-state index contributed by atoms with van der Waals surface area (Å²) >= 11 is 1.55. The summed E-state index contributed by atoms with van der Waals surface area (Å²) in [6.07, 6.45) is 1.30. The van der Waals surface area contributed by atoms with Crippen LogP contribution in [0.3, 0.4) is 0 Å². The lowest BCUT2D eigenvalue weighted by molar-refractivity contribution is -0.0399. The van der Waals surface area contributed by atoms with Crippen LogP contribution in [0.25, 0.3) is 0 Å². The molecule has 2 aromatic rings. The van der Waals surface area contributed by atoms with Crippen molar-refractivity contribution in [3.05, 3.63) is 57.3 Å². The van der Waals surface area contributed by atoms with E-state index in [9.17, 15) is 18.4 Å². The molecule has 2 aliphatic carbocycles. The molecule has 0 spiro atoms. The van der Waals surface area contributed by atoms with Crippen LogP contribution in [-0.4, -0.2) is 35.0 Å². The number of nitrogens with one attached hydrogen (secondary N) is 2. The summed E-state index contributed by atoms with van der Waals surface area (Å²) in [5.74, 6) is -3.35. The summed E-state index contributed by atoms with van der Waals surface area (Å²) in [5, 5.41) is 17.1. The van der Waals surface area contributed by atoms with Gasteiger partial charge in [0.1, 0.15) is 0 Å². The zero-order valence-corrected chi connectivity index (χ0v) is 17.2. The second-order valence-corrected chi connectivity index (χ2v) is 9.12. The number of aromatic carboxylic acids is 1. The third kappa shape index (κ3) is 5.05. The van der Waals surface area contributed by atoms with Gasteiger partial charge in [-0.2, -0.15) is 0 Å². The molecule has 0 aliphatic heterocycles. The van der Waals surface area contributed by atoms with E-state index in [1.165, 1.54) is 0 Å². The average molecular weight is 435 g/mol. The molecule has 2 aliphatic rings. The number of rotatable bonds is 7. The molecule has 2 unspecified atom stereocenters. The van der Waals surface area contributed by atoms with E-state index in [2.05, 4.69) is 10.6 Å². The SMILES string of the molecule is O=C(O)c1ccc(CNC2CC2c2cc(C(=O)NC3CCC(F)(F)CC3)cs2)cc1. The van der Waals surface area contributed by atoms with Crippen molar-refractivity contribution in [1.82, 2.24) is 10.6 Å². The predicted molar refractivity (Wildman–Crippen MR) is 110 cm³/mol. The lowest BCUT2D eigenvalue weighted by Crippen LogP contribution is -2.40. The smallest absolute Gasteiger partial charge is 0.335 e. The molecule has 2 fully saturated rings. The first-order valence-electron chi connectivity index (χ1n) is 10.1. The number of hydrogen-bond acceptors (Lipinski definition) is 4. The normalized spacial score (nSPS) is 23.1. The van der Waals surface area contributed by atoms with Gasteiger partial charge in [-0.1, -0.05) is 12.1 Å². The first kappa shape index (κ1) is 20.9. The van der Waals surface area contributed by atoms with E-state index >= 15 is 0 Å². The molecule has 2 atom stereocenters. The van der Waals surface area contributed by atoms with Crippen molar-refractivity contribution in [2.75, 3.05) is 0 Å². The van der Waals surface area contributed by atoms with Crippen molar-refractivity contribution in [3.63, 3.8) is 0 Å². The third-order valence-corrected chi connectivity index (χ3v) is 6.92. The summed E-state index contributed by atoms with van der Waals surface area (Å²) in [6, 6.07) is 8.88. The predicted octanol–water partition coefficient (Wildman–Crippen LogP) is 4.40. The Bertz CT molecular complexity index is 919. The lowest BCUT2D eigenvalue weighted by atomic mass is 9.92. The number of carbonyl (C=O) groups is 2. The molecule has 1 aromatic heterocycles. The Hall–Kier alpha value is -2.32. The molecular weight excluding hydrogens is 410 g/mol. The van der Waals surface area contributed by atoms with Gasteiger partial charge in [-0.25, -0.2) is 13.6 Å². The van der Waals surface area contributed by atoms with Gasteiger partial charge in [0, 0.05) is 47.6 Å². The van der Waals surface area contributed by atoms with Gasteiger partial charge < -0.3 is 15.7 Å². The fraction of sp³-hybridized carbons (Fsp3) is 0.455. The quantitative estimate of drug-likeness (QED) is 0.604. The first-order valence-corrected chi connectivity index (χ1v) is 11.0. The second kappa shape index (κ2) is 8.43. The van der Waals surface area contributed by atoms with Gasteiger partial charge in [-0.15, -0.1) is 11.3 Å². The number of thiophene rings is 1. The minimum atomic E-state index is -2.59. The number of benzene rings is 1. The van der Waals surface area contributed by atoms with Crippen molar-refractivity contribution < 1.29 is 23.5 Å². The molecule has 30 heavy (non-hydrogen) atoms. The van der Waals surface area contributed by atoms with Crippen LogP contribution >= 0.6 is 11.3 Å². The Morgan fingerprint density at radius 2 is 1.83 bits per heavy atom. The summed E-state index contributed by atoms with van der Waals surface area (Å²) in [7, 11) is 0. The topological polar surface area (TPSA) is 78.4 Å². The maximum Gasteiger partial charge on any atom is 0.335 e. The van der Waals surface area contributed by atoms with Gasteiger partial charge in [0.25, 0.3) is 5.91 Å². The molecule has 5 nitrogen and oxygen atoms in total. The fourth-order valence-corrected chi connectivity index (χ4v) is 4.94. The number of carboxylic acids is 1. The molecule has 4 rings (SSSR count). The van der Waals surface area contributed by atoms with E-state index in [4.69, 9.17) is 5.11 Å². The molecule has 1 heterocycles. The van der Waals surface area contributed by atoms with Crippen LogP contribution in [0.1, 0.15) is 69.2 Å². The molecule has 1 amide bonds. The van der Waals surface area contributed by atoms with Crippen molar-refractivity contribution in [3.8, 4) is 0 Å². The van der Waals surface area contributed by atoms with E-state index in [-0.39, 0.29) is 30.4 Å². The highest BCUT2D eigenvalue weighted by Gasteiger charge is 2.39. The molecular formula is C22H24F2N2O3S. The highest BCUT2D eigenvalue weighted by atomic mass is 32.1. The summed E-state index contributed by atoms with van der Waals surface area (Å²) < 4.78 is 26.5. The van der Waals surface area contributed by atoms with Crippen molar-refractivity contribution in [2.24, 2.45) is 0 Å². The molecule has 0 saturated heterocycles. The van der Waals surface area contributed by atoms with Crippen LogP contribution in [-0.2, 0) is 6.54 Å². The third-order valence-electron chi connectivity index (χ3n) is 5.86. The van der Waals surface area contributed by atoms with Gasteiger partial charge in [-0.05, 0) is 43.0 Å². The first-order chi connectivity index (χ1) is 14.3. The van der Waals surface area contributed by atoms with E-state index in [1.54, 1.807) is 23.5 Å². The number of carboxylic acid groups (broad SMARTS) is 1. The highest BCUT2D eigenvalue weighted by molar-refractivity contribution is 7.10.